The first kappa shape index (κ1) is 7.89. The number of aromatic amines is 1. The highest BCUT2D eigenvalue weighted by Gasteiger charge is 2.16. The smallest absolute Gasteiger partial charge is 0.357 e. The Morgan fingerprint density at radius 3 is 2.73 bits per heavy atom. The summed E-state index contributed by atoms with van der Waals surface area (Å²) in [7, 11) is 0. The van der Waals surface area contributed by atoms with Gasteiger partial charge in [0.05, 0.1) is 6.33 Å². The highest BCUT2D eigenvalue weighted by atomic mass is 32.2. The zero-order valence-corrected chi connectivity index (χ0v) is 5.96. The molecule has 0 aliphatic carbocycles. The molecule has 0 aliphatic heterocycles. The van der Waals surface area contributed by atoms with E-state index in [-0.39, 0.29) is 5.03 Å². The third kappa shape index (κ3) is 1.44. The number of nitrogens with one attached hydrogen (secondary N) is 1. The molecule has 6 nitrogen and oxygen atoms in total. The van der Waals surface area contributed by atoms with Gasteiger partial charge in [-0.15, -0.1) is 0 Å². The first-order chi connectivity index (χ1) is 5.13. The van der Waals surface area contributed by atoms with Gasteiger partial charge in [0.25, 0.3) is 0 Å². The molecule has 1 aromatic rings. The van der Waals surface area contributed by atoms with E-state index in [1.807, 2.05) is 0 Å². The van der Waals surface area contributed by atoms with E-state index in [0.717, 1.165) is 6.33 Å². The van der Waals surface area contributed by atoms with Gasteiger partial charge in [-0.3, -0.25) is 0 Å². The van der Waals surface area contributed by atoms with Crippen molar-refractivity contribution in [3.05, 3.63) is 12.0 Å². The van der Waals surface area contributed by atoms with E-state index in [0.29, 0.717) is 0 Å². The van der Waals surface area contributed by atoms with Gasteiger partial charge in [0, 0.05) is 0 Å². The van der Waals surface area contributed by atoms with Crippen LogP contribution in [0.2, 0.25) is 0 Å². The Hall–Kier alpha value is -1.21. The maximum atomic E-state index is 10.4. The van der Waals surface area contributed by atoms with E-state index < -0.39 is 22.7 Å². The summed E-state index contributed by atoms with van der Waals surface area (Å²) in [6, 6.07) is 0. The van der Waals surface area contributed by atoms with Gasteiger partial charge in [-0.25, -0.2) is 14.0 Å². The third-order valence-electron chi connectivity index (χ3n) is 0.982. The lowest BCUT2D eigenvalue weighted by atomic mass is 10.5. The average molecular weight is 176 g/mol. The van der Waals surface area contributed by atoms with Crippen LogP contribution in [-0.4, -0.2) is 29.8 Å². The van der Waals surface area contributed by atoms with E-state index in [2.05, 4.69) is 9.97 Å². The minimum atomic E-state index is -2.33. The Balaban J connectivity index is 3.16. The minimum absolute atomic E-state index is 0.294. The Morgan fingerprint density at radius 1 is 1.73 bits per heavy atom. The molecule has 1 heterocycles. The lowest BCUT2D eigenvalue weighted by Gasteiger charge is -1.89. The van der Waals surface area contributed by atoms with Gasteiger partial charge in [0.1, 0.15) is 0 Å². The second-order valence-electron chi connectivity index (χ2n) is 1.63. The van der Waals surface area contributed by atoms with Crippen molar-refractivity contribution in [2.24, 2.45) is 0 Å². The summed E-state index contributed by atoms with van der Waals surface area (Å²) in [5.41, 5.74) is -0.425. The topological polar surface area (TPSA) is 103 Å². The maximum Gasteiger partial charge on any atom is 0.357 e. The number of nitrogens with zero attached hydrogens (tertiary/aromatic N) is 1. The molecular formula is C4H4N2O4S. The summed E-state index contributed by atoms with van der Waals surface area (Å²) in [4.78, 5) is 15.8. The number of H-pyrrole nitrogens is 1. The summed E-state index contributed by atoms with van der Waals surface area (Å²) in [6.07, 6.45) is 1.05. The molecule has 7 heteroatoms. The Kier molecular flexibility index (Phi) is 2.01. The highest BCUT2D eigenvalue weighted by molar-refractivity contribution is 7.79. The number of aromatic nitrogens is 2. The predicted molar refractivity (Wildman–Crippen MR) is 34.6 cm³/mol. The van der Waals surface area contributed by atoms with Gasteiger partial charge in [-0.05, 0) is 0 Å². The Bertz CT molecular complexity index is 278. The molecule has 0 spiro atoms. The third-order valence-corrected chi connectivity index (χ3v) is 1.64. The number of hydrogen-bond acceptors (Lipinski definition) is 3. The van der Waals surface area contributed by atoms with Crippen LogP contribution in [0.15, 0.2) is 11.4 Å². The first-order valence-electron chi connectivity index (χ1n) is 2.50. The lowest BCUT2D eigenvalue weighted by molar-refractivity contribution is 0.0686. The molecule has 0 saturated heterocycles. The van der Waals surface area contributed by atoms with Crippen LogP contribution in [0.25, 0.3) is 0 Å². The summed E-state index contributed by atoms with van der Waals surface area (Å²) in [5, 5.41) is 8.08. The normalized spacial score (nSPS) is 12.8. The van der Waals surface area contributed by atoms with E-state index in [4.69, 9.17) is 9.66 Å². The van der Waals surface area contributed by atoms with Gasteiger partial charge < -0.3 is 14.6 Å². The maximum absolute atomic E-state index is 10.4. The molecule has 0 radical (unpaired) electrons. The summed E-state index contributed by atoms with van der Waals surface area (Å²) in [5.74, 6) is -1.33. The van der Waals surface area contributed by atoms with E-state index in [9.17, 15) is 9.00 Å². The number of aromatic carboxylic acids is 1. The molecule has 1 aromatic heterocycles. The molecule has 0 fully saturated rings. The standard InChI is InChI=1S/C4H4N2O4S/c7-4(8)2-3(11(9)10)6-1-5-2/h1H,(H,5,6)(H,7,8)(H,9,10). The van der Waals surface area contributed by atoms with Crippen molar-refractivity contribution in [2.75, 3.05) is 0 Å². The number of carboxylic acid groups (broad SMARTS) is 1. The average Bonchev–Trinajstić information content (AvgIpc) is 2.32. The van der Waals surface area contributed by atoms with Crippen molar-refractivity contribution >= 4 is 17.0 Å². The molecule has 0 aliphatic rings. The molecule has 0 bridgehead atoms. The van der Waals surface area contributed by atoms with E-state index >= 15 is 0 Å². The molecule has 60 valence electrons. The molecule has 1 unspecified atom stereocenters. The number of carboxylic acids is 1. The Morgan fingerprint density at radius 2 is 2.36 bits per heavy atom. The summed E-state index contributed by atoms with van der Waals surface area (Å²) in [6.45, 7) is 0. The lowest BCUT2D eigenvalue weighted by Crippen LogP contribution is -2.02. The van der Waals surface area contributed by atoms with Gasteiger partial charge in [-0.2, -0.15) is 0 Å². The minimum Gasteiger partial charge on any atom is -0.476 e. The number of carbonyl (C=O) groups is 1. The summed E-state index contributed by atoms with van der Waals surface area (Å²) < 4.78 is 18.8. The van der Waals surface area contributed by atoms with Gasteiger partial charge in [-0.1, -0.05) is 0 Å². The van der Waals surface area contributed by atoms with Crippen molar-refractivity contribution in [1.82, 2.24) is 9.97 Å². The van der Waals surface area contributed by atoms with Crippen LogP contribution in [0.4, 0.5) is 0 Å². The van der Waals surface area contributed by atoms with Gasteiger partial charge in [0.2, 0.25) is 11.1 Å². The fraction of sp³-hybridized carbons (Fsp3) is 0. The van der Waals surface area contributed by atoms with Crippen molar-refractivity contribution in [2.45, 2.75) is 5.03 Å². The molecule has 3 N–H and O–H groups in total. The molecular weight excluding hydrogens is 172 g/mol. The van der Waals surface area contributed by atoms with Gasteiger partial charge in [0.15, 0.2) is 10.7 Å². The van der Waals surface area contributed by atoms with E-state index in [1.54, 1.807) is 0 Å². The van der Waals surface area contributed by atoms with Crippen LogP contribution >= 0.6 is 0 Å². The number of rotatable bonds is 2. The monoisotopic (exact) mass is 176 g/mol. The fourth-order valence-corrected chi connectivity index (χ4v) is 1.03. The summed E-state index contributed by atoms with van der Waals surface area (Å²) >= 11 is -2.33. The predicted octanol–water partition coefficient (Wildman–Crippen LogP) is -0.311. The zero-order valence-electron chi connectivity index (χ0n) is 5.14. The van der Waals surface area contributed by atoms with Crippen molar-refractivity contribution in [3.63, 3.8) is 0 Å². The van der Waals surface area contributed by atoms with E-state index in [1.165, 1.54) is 0 Å². The molecule has 0 saturated carbocycles. The SMILES string of the molecule is O=C(O)c1nc[nH]c1S(=O)O. The first-order valence-corrected chi connectivity index (χ1v) is 3.61. The van der Waals surface area contributed by atoms with Crippen LogP contribution in [-0.2, 0) is 11.1 Å². The quantitative estimate of drug-likeness (QED) is 0.536. The highest BCUT2D eigenvalue weighted by Crippen LogP contribution is 2.05. The van der Waals surface area contributed by atoms with Crippen LogP contribution in [0, 0.1) is 0 Å². The largest absolute Gasteiger partial charge is 0.476 e. The molecule has 1 rings (SSSR count). The van der Waals surface area contributed by atoms with Crippen LogP contribution in [0.5, 0.6) is 0 Å². The van der Waals surface area contributed by atoms with Crippen molar-refractivity contribution in [3.8, 4) is 0 Å². The fourth-order valence-electron chi connectivity index (χ4n) is 0.568. The second kappa shape index (κ2) is 2.81. The molecule has 0 amide bonds. The Labute approximate surface area is 63.6 Å². The van der Waals surface area contributed by atoms with Crippen molar-refractivity contribution < 1.29 is 18.7 Å². The van der Waals surface area contributed by atoms with Crippen LogP contribution in [0.1, 0.15) is 10.5 Å². The molecule has 11 heavy (non-hydrogen) atoms. The van der Waals surface area contributed by atoms with Crippen LogP contribution < -0.4 is 0 Å². The molecule has 0 aromatic carbocycles. The number of imidazole rings is 1. The zero-order chi connectivity index (χ0) is 8.43. The van der Waals surface area contributed by atoms with Crippen LogP contribution in [0.3, 0.4) is 0 Å². The second-order valence-corrected chi connectivity index (χ2v) is 2.54. The van der Waals surface area contributed by atoms with Gasteiger partial charge >= 0.3 is 5.97 Å². The van der Waals surface area contributed by atoms with Crippen molar-refractivity contribution in [1.29, 1.82) is 0 Å². The molecule has 1 atom stereocenters. The number of hydrogen-bond donors (Lipinski definition) is 3.